The third-order valence-electron chi connectivity index (χ3n) is 3.48. The van der Waals surface area contributed by atoms with E-state index in [-0.39, 0.29) is 0 Å². The monoisotopic (exact) mass is 330 g/mol. The predicted octanol–water partition coefficient (Wildman–Crippen LogP) is 2.91. The lowest BCUT2D eigenvalue weighted by Gasteiger charge is -2.12. The largest absolute Gasteiger partial charge is 0.497 e. The molecule has 122 valence electrons. The average molecular weight is 330 g/mol. The summed E-state index contributed by atoms with van der Waals surface area (Å²) < 4.78 is 10.5. The van der Waals surface area contributed by atoms with Crippen LogP contribution in [0.5, 0.6) is 11.5 Å². The van der Waals surface area contributed by atoms with E-state index in [1.807, 2.05) is 42.5 Å². The number of ether oxygens (including phenoxy) is 2. The highest BCUT2D eigenvalue weighted by molar-refractivity contribution is 7.80. The molecule has 4 nitrogen and oxygen atoms in total. The maximum atomic E-state index is 5.34. The van der Waals surface area contributed by atoms with Crippen LogP contribution < -0.4 is 20.1 Å². The van der Waals surface area contributed by atoms with E-state index in [1.54, 1.807) is 14.2 Å². The van der Waals surface area contributed by atoms with Crippen molar-refractivity contribution >= 4 is 17.3 Å². The summed E-state index contributed by atoms with van der Waals surface area (Å²) >= 11 is 5.30. The highest BCUT2D eigenvalue weighted by atomic mass is 32.1. The minimum Gasteiger partial charge on any atom is -0.497 e. The van der Waals surface area contributed by atoms with Crippen molar-refractivity contribution in [2.45, 2.75) is 13.0 Å². The maximum Gasteiger partial charge on any atom is 0.166 e. The number of benzene rings is 2. The summed E-state index contributed by atoms with van der Waals surface area (Å²) in [4.78, 5) is 0. The number of rotatable bonds is 7. The van der Waals surface area contributed by atoms with E-state index in [1.165, 1.54) is 5.56 Å². The van der Waals surface area contributed by atoms with Gasteiger partial charge in [0.1, 0.15) is 11.5 Å². The van der Waals surface area contributed by atoms with Crippen molar-refractivity contribution in [1.82, 2.24) is 10.6 Å². The predicted molar refractivity (Wildman–Crippen MR) is 97.1 cm³/mol. The Balaban J connectivity index is 1.72. The molecule has 0 spiro atoms. The van der Waals surface area contributed by atoms with Crippen LogP contribution >= 0.6 is 12.2 Å². The van der Waals surface area contributed by atoms with E-state index in [9.17, 15) is 0 Å². The van der Waals surface area contributed by atoms with E-state index >= 15 is 0 Å². The molecule has 5 heteroatoms. The van der Waals surface area contributed by atoms with Gasteiger partial charge in [0.25, 0.3) is 0 Å². The van der Waals surface area contributed by atoms with E-state index in [0.717, 1.165) is 30.0 Å². The van der Waals surface area contributed by atoms with Gasteiger partial charge in [0.05, 0.1) is 14.2 Å². The molecule has 0 amide bonds. The number of hydrogen-bond acceptors (Lipinski definition) is 3. The molecule has 0 unspecified atom stereocenters. The molecule has 0 aliphatic heterocycles. The fourth-order valence-corrected chi connectivity index (χ4v) is 2.38. The molecule has 0 aliphatic rings. The normalized spacial score (nSPS) is 10.0. The van der Waals surface area contributed by atoms with Crippen LogP contribution in [0.4, 0.5) is 0 Å². The first-order chi connectivity index (χ1) is 11.2. The zero-order chi connectivity index (χ0) is 16.5. The average Bonchev–Trinajstić information content (AvgIpc) is 2.61. The molecule has 0 bridgehead atoms. The molecule has 0 saturated carbocycles. The zero-order valence-electron chi connectivity index (χ0n) is 13.5. The highest BCUT2D eigenvalue weighted by Crippen LogP contribution is 2.17. The molecule has 0 radical (unpaired) electrons. The van der Waals surface area contributed by atoms with E-state index < -0.39 is 0 Å². The number of para-hydroxylation sites is 1. The minimum absolute atomic E-state index is 0.649. The van der Waals surface area contributed by atoms with E-state index in [0.29, 0.717) is 11.7 Å². The minimum atomic E-state index is 0.649. The summed E-state index contributed by atoms with van der Waals surface area (Å²) in [6.45, 7) is 1.44. The van der Waals surface area contributed by atoms with Gasteiger partial charge in [-0.25, -0.2) is 0 Å². The second-order valence-electron chi connectivity index (χ2n) is 5.02. The van der Waals surface area contributed by atoms with Gasteiger partial charge < -0.3 is 20.1 Å². The van der Waals surface area contributed by atoms with Crippen LogP contribution in [0.15, 0.2) is 48.5 Å². The Morgan fingerprint density at radius 3 is 2.39 bits per heavy atom. The Morgan fingerprint density at radius 2 is 1.70 bits per heavy atom. The fourth-order valence-electron chi connectivity index (χ4n) is 2.21. The second kappa shape index (κ2) is 9.00. The van der Waals surface area contributed by atoms with Gasteiger partial charge >= 0.3 is 0 Å². The topological polar surface area (TPSA) is 42.5 Å². The third-order valence-corrected chi connectivity index (χ3v) is 3.77. The van der Waals surface area contributed by atoms with Crippen LogP contribution in [0.1, 0.15) is 11.1 Å². The Kier molecular flexibility index (Phi) is 6.69. The van der Waals surface area contributed by atoms with Crippen LogP contribution in [0, 0.1) is 0 Å². The van der Waals surface area contributed by atoms with Crippen molar-refractivity contribution in [3.8, 4) is 11.5 Å². The van der Waals surface area contributed by atoms with Crippen LogP contribution in [0.2, 0.25) is 0 Å². The summed E-state index contributed by atoms with van der Waals surface area (Å²) in [6, 6.07) is 15.9. The lowest BCUT2D eigenvalue weighted by molar-refractivity contribution is 0.409. The Bertz CT molecular complexity index is 629. The van der Waals surface area contributed by atoms with Gasteiger partial charge in [-0.3, -0.25) is 0 Å². The molecule has 0 saturated heterocycles. The molecular formula is C18H22N2O2S. The van der Waals surface area contributed by atoms with E-state index in [4.69, 9.17) is 21.7 Å². The lowest BCUT2D eigenvalue weighted by atomic mass is 10.1. The zero-order valence-corrected chi connectivity index (χ0v) is 14.3. The van der Waals surface area contributed by atoms with Crippen LogP contribution in [-0.2, 0) is 13.0 Å². The molecule has 0 aromatic heterocycles. The van der Waals surface area contributed by atoms with Crippen molar-refractivity contribution in [1.29, 1.82) is 0 Å². The molecular weight excluding hydrogens is 308 g/mol. The molecule has 0 atom stereocenters. The first-order valence-electron chi connectivity index (χ1n) is 7.49. The second-order valence-corrected chi connectivity index (χ2v) is 5.43. The van der Waals surface area contributed by atoms with Crippen LogP contribution in [0.25, 0.3) is 0 Å². The van der Waals surface area contributed by atoms with Gasteiger partial charge in [0.2, 0.25) is 0 Å². The van der Waals surface area contributed by atoms with Crippen molar-refractivity contribution in [3.63, 3.8) is 0 Å². The van der Waals surface area contributed by atoms with E-state index in [2.05, 4.69) is 16.7 Å². The van der Waals surface area contributed by atoms with Crippen molar-refractivity contribution in [2.24, 2.45) is 0 Å². The van der Waals surface area contributed by atoms with Gasteiger partial charge in [-0.05, 0) is 48.0 Å². The van der Waals surface area contributed by atoms with Crippen molar-refractivity contribution in [3.05, 3.63) is 59.7 Å². The number of methoxy groups -OCH3 is 2. The van der Waals surface area contributed by atoms with Crippen molar-refractivity contribution < 1.29 is 9.47 Å². The first kappa shape index (κ1) is 17.1. The van der Waals surface area contributed by atoms with Gasteiger partial charge in [-0.2, -0.15) is 0 Å². The fraction of sp³-hybridized carbons (Fsp3) is 0.278. The molecule has 2 N–H and O–H groups in total. The highest BCUT2D eigenvalue weighted by Gasteiger charge is 2.02. The molecule has 0 aliphatic carbocycles. The summed E-state index contributed by atoms with van der Waals surface area (Å²) in [5, 5.41) is 7.06. The Labute approximate surface area is 142 Å². The van der Waals surface area contributed by atoms with Gasteiger partial charge in [0, 0.05) is 13.1 Å². The molecule has 2 rings (SSSR count). The maximum absolute atomic E-state index is 5.34. The lowest BCUT2D eigenvalue weighted by Crippen LogP contribution is -2.35. The summed E-state index contributed by atoms with van der Waals surface area (Å²) in [7, 11) is 3.35. The third kappa shape index (κ3) is 5.45. The molecule has 0 fully saturated rings. The summed E-state index contributed by atoms with van der Waals surface area (Å²) in [5.74, 6) is 1.76. The summed E-state index contributed by atoms with van der Waals surface area (Å²) in [5.41, 5.74) is 2.32. The number of nitrogens with one attached hydrogen (secondary N) is 2. The van der Waals surface area contributed by atoms with Crippen LogP contribution in [0.3, 0.4) is 0 Å². The molecule has 23 heavy (non-hydrogen) atoms. The SMILES string of the molecule is COc1ccc(CNC(=S)NCCc2ccccc2OC)cc1. The molecule has 2 aromatic carbocycles. The Hall–Kier alpha value is -2.27. The summed E-state index contributed by atoms with van der Waals surface area (Å²) in [6.07, 6.45) is 0.856. The first-order valence-corrected chi connectivity index (χ1v) is 7.90. The Morgan fingerprint density at radius 1 is 0.957 bits per heavy atom. The van der Waals surface area contributed by atoms with Crippen LogP contribution in [-0.4, -0.2) is 25.9 Å². The molecule has 2 aromatic rings. The van der Waals surface area contributed by atoms with Gasteiger partial charge in [-0.1, -0.05) is 30.3 Å². The smallest absolute Gasteiger partial charge is 0.166 e. The van der Waals surface area contributed by atoms with Crippen molar-refractivity contribution in [2.75, 3.05) is 20.8 Å². The quantitative estimate of drug-likeness (QED) is 0.764. The van der Waals surface area contributed by atoms with Gasteiger partial charge in [-0.15, -0.1) is 0 Å². The number of thiocarbonyl (C=S) groups is 1. The molecule has 0 heterocycles. The standard InChI is InChI=1S/C18H22N2O2S/c1-21-16-9-7-14(8-10-16)13-20-18(23)19-12-11-15-5-3-4-6-17(15)22-2/h3-10H,11-13H2,1-2H3,(H2,19,20,23). The van der Waals surface area contributed by atoms with Gasteiger partial charge in [0.15, 0.2) is 5.11 Å². The number of hydrogen-bond donors (Lipinski definition) is 2.